The highest BCUT2D eigenvalue weighted by molar-refractivity contribution is 5.95. The zero-order chi connectivity index (χ0) is 21.0. The molecule has 7 nitrogen and oxygen atoms in total. The fraction of sp³-hybridized carbons (Fsp3) is 0.409. The van der Waals surface area contributed by atoms with E-state index in [1.165, 1.54) is 6.07 Å². The van der Waals surface area contributed by atoms with Gasteiger partial charge in [-0.3, -0.25) is 4.79 Å². The van der Waals surface area contributed by atoms with Crippen LogP contribution in [0.5, 0.6) is 11.5 Å². The Morgan fingerprint density at radius 2 is 2.03 bits per heavy atom. The molecule has 0 saturated carbocycles. The van der Waals surface area contributed by atoms with Crippen LogP contribution in [0, 0.1) is 6.92 Å². The van der Waals surface area contributed by atoms with Crippen LogP contribution in [0.25, 0.3) is 0 Å². The summed E-state index contributed by atoms with van der Waals surface area (Å²) >= 11 is 0. The first-order chi connectivity index (χ1) is 13.8. The zero-order valence-corrected chi connectivity index (χ0v) is 17.2. The number of carbonyl (C=O) groups excluding carboxylic acids is 2. The second-order valence-electron chi connectivity index (χ2n) is 7.44. The van der Waals surface area contributed by atoms with E-state index in [0.29, 0.717) is 30.2 Å². The minimum absolute atomic E-state index is 0.237. The second-order valence-corrected chi connectivity index (χ2v) is 7.44. The van der Waals surface area contributed by atoms with Crippen LogP contribution < -0.4 is 14.8 Å². The van der Waals surface area contributed by atoms with Crippen LogP contribution in [0.2, 0.25) is 0 Å². The van der Waals surface area contributed by atoms with E-state index in [0.717, 1.165) is 17.7 Å². The van der Waals surface area contributed by atoms with Gasteiger partial charge in [-0.05, 0) is 45.9 Å². The van der Waals surface area contributed by atoms with E-state index in [1.54, 1.807) is 19.9 Å². The Bertz CT molecular complexity index is 923. The summed E-state index contributed by atoms with van der Waals surface area (Å²) in [6.45, 7) is 8.38. The zero-order valence-electron chi connectivity index (χ0n) is 17.2. The molecule has 1 aliphatic heterocycles. The maximum atomic E-state index is 12.3. The summed E-state index contributed by atoms with van der Waals surface area (Å²) in [5, 5.41) is 2.77. The highest BCUT2D eigenvalue weighted by Crippen LogP contribution is 2.41. The van der Waals surface area contributed by atoms with E-state index in [4.69, 9.17) is 14.2 Å². The topological polar surface area (TPSA) is 86.8 Å². The molecule has 2 aromatic rings. The van der Waals surface area contributed by atoms with Gasteiger partial charge >= 0.3 is 5.97 Å². The molecular weight excluding hydrogens is 372 g/mol. The fourth-order valence-corrected chi connectivity index (χ4v) is 3.23. The van der Waals surface area contributed by atoms with Gasteiger partial charge in [0.2, 0.25) is 0 Å². The number of esters is 1. The quantitative estimate of drug-likeness (QED) is 0.570. The summed E-state index contributed by atoms with van der Waals surface area (Å²) in [7, 11) is 0. The molecule has 7 heteroatoms. The van der Waals surface area contributed by atoms with Crippen molar-refractivity contribution in [2.24, 2.45) is 0 Å². The largest absolute Gasteiger partial charge is 0.488 e. The minimum atomic E-state index is -0.446. The Hall–Kier alpha value is -3.09. The van der Waals surface area contributed by atoms with Crippen molar-refractivity contribution in [3.8, 4) is 11.5 Å². The van der Waals surface area contributed by atoms with Crippen LogP contribution in [0.15, 0.2) is 30.3 Å². The van der Waals surface area contributed by atoms with Crippen LogP contribution in [0.4, 0.5) is 0 Å². The van der Waals surface area contributed by atoms with Gasteiger partial charge in [0.05, 0.1) is 24.4 Å². The molecule has 0 saturated heterocycles. The molecule has 29 heavy (non-hydrogen) atoms. The number of para-hydroxylation sites is 1. The molecule has 2 heterocycles. The monoisotopic (exact) mass is 398 g/mol. The molecule has 1 amide bonds. The normalized spacial score (nSPS) is 13.9. The molecule has 1 aliphatic rings. The lowest BCUT2D eigenvalue weighted by molar-refractivity contribution is 0.0524. The lowest BCUT2D eigenvalue weighted by Crippen LogP contribution is -2.29. The predicted octanol–water partition coefficient (Wildman–Crippen LogP) is 3.09. The van der Waals surface area contributed by atoms with E-state index in [9.17, 15) is 9.59 Å². The van der Waals surface area contributed by atoms with Crippen molar-refractivity contribution in [2.45, 2.75) is 39.7 Å². The molecule has 154 valence electrons. The lowest BCUT2D eigenvalue weighted by atomic mass is 10.0. The Balaban J connectivity index is 1.53. The molecule has 0 bridgehead atoms. The predicted molar refractivity (Wildman–Crippen MR) is 108 cm³/mol. The summed E-state index contributed by atoms with van der Waals surface area (Å²) in [4.78, 5) is 28.3. The average molecular weight is 398 g/mol. The molecule has 0 aliphatic carbocycles. The molecule has 3 rings (SSSR count). The van der Waals surface area contributed by atoms with Gasteiger partial charge in [-0.1, -0.05) is 12.1 Å². The first-order valence-corrected chi connectivity index (χ1v) is 9.67. The highest BCUT2D eigenvalue weighted by atomic mass is 16.5. The molecule has 1 aromatic carbocycles. The van der Waals surface area contributed by atoms with Crippen molar-refractivity contribution < 1.29 is 23.8 Å². The van der Waals surface area contributed by atoms with Crippen molar-refractivity contribution in [3.05, 3.63) is 52.8 Å². The second kappa shape index (κ2) is 8.51. The van der Waals surface area contributed by atoms with E-state index < -0.39 is 5.97 Å². The number of hydrogen-bond acceptors (Lipinski definition) is 6. The molecule has 0 atom stereocenters. The number of rotatable bonds is 7. The van der Waals surface area contributed by atoms with Crippen LogP contribution in [-0.4, -0.2) is 42.2 Å². The van der Waals surface area contributed by atoms with Gasteiger partial charge in [-0.15, -0.1) is 0 Å². The highest BCUT2D eigenvalue weighted by Gasteiger charge is 2.32. The first kappa shape index (κ1) is 20.6. The standard InChI is InChI=1S/C22H26N2O5/c1-5-27-21(26)16-9-10-17(24-14(16)2)20(25)23-11-12-28-18-8-6-7-15-13-22(3,4)29-19(15)18/h6-10H,5,11-13H2,1-4H3,(H,23,25). The number of pyridine rings is 1. The Kier molecular flexibility index (Phi) is 6.06. The number of fused-ring (bicyclic) bond motifs is 1. The molecule has 0 fully saturated rings. The van der Waals surface area contributed by atoms with Gasteiger partial charge in [-0.2, -0.15) is 0 Å². The van der Waals surface area contributed by atoms with E-state index in [1.807, 2.05) is 32.0 Å². The van der Waals surface area contributed by atoms with Crippen LogP contribution in [0.3, 0.4) is 0 Å². The number of aromatic nitrogens is 1. The third-order valence-corrected chi connectivity index (χ3v) is 4.51. The number of hydrogen-bond donors (Lipinski definition) is 1. The van der Waals surface area contributed by atoms with Gasteiger partial charge < -0.3 is 19.5 Å². The van der Waals surface area contributed by atoms with Gasteiger partial charge in [-0.25, -0.2) is 9.78 Å². The van der Waals surface area contributed by atoms with E-state index in [-0.39, 0.29) is 23.8 Å². The summed E-state index contributed by atoms with van der Waals surface area (Å²) in [6, 6.07) is 8.90. The third-order valence-electron chi connectivity index (χ3n) is 4.51. The summed E-state index contributed by atoms with van der Waals surface area (Å²) in [5.74, 6) is 0.673. The van der Waals surface area contributed by atoms with Crippen molar-refractivity contribution in [2.75, 3.05) is 19.8 Å². The molecule has 1 N–H and O–H groups in total. The third kappa shape index (κ3) is 4.85. The molecule has 1 aromatic heterocycles. The van der Waals surface area contributed by atoms with Crippen molar-refractivity contribution in [1.29, 1.82) is 0 Å². The number of ether oxygens (including phenoxy) is 3. The van der Waals surface area contributed by atoms with Gasteiger partial charge in [0.25, 0.3) is 5.91 Å². The average Bonchev–Trinajstić information content (AvgIpc) is 2.99. The van der Waals surface area contributed by atoms with Crippen molar-refractivity contribution >= 4 is 11.9 Å². The maximum absolute atomic E-state index is 12.3. The number of carbonyl (C=O) groups is 2. The summed E-state index contributed by atoms with van der Waals surface area (Å²) in [6.07, 6.45) is 0.836. The smallest absolute Gasteiger partial charge is 0.339 e. The van der Waals surface area contributed by atoms with E-state index in [2.05, 4.69) is 10.3 Å². The lowest BCUT2D eigenvalue weighted by Gasteiger charge is -2.18. The van der Waals surface area contributed by atoms with Gasteiger partial charge in [0.1, 0.15) is 17.9 Å². The van der Waals surface area contributed by atoms with E-state index >= 15 is 0 Å². The van der Waals surface area contributed by atoms with Crippen molar-refractivity contribution in [3.63, 3.8) is 0 Å². The number of nitrogens with zero attached hydrogens (tertiary/aromatic N) is 1. The Morgan fingerprint density at radius 3 is 2.76 bits per heavy atom. The summed E-state index contributed by atoms with van der Waals surface area (Å²) in [5.41, 5.74) is 1.92. The number of benzene rings is 1. The van der Waals surface area contributed by atoms with Crippen molar-refractivity contribution in [1.82, 2.24) is 10.3 Å². The Labute approximate surface area is 170 Å². The molecule has 0 radical (unpaired) electrons. The Morgan fingerprint density at radius 1 is 1.24 bits per heavy atom. The number of amides is 1. The van der Waals surface area contributed by atoms with Crippen LogP contribution in [-0.2, 0) is 11.2 Å². The van der Waals surface area contributed by atoms with Gasteiger partial charge in [0.15, 0.2) is 11.5 Å². The number of aryl methyl sites for hydroxylation is 1. The van der Waals surface area contributed by atoms with Crippen LogP contribution >= 0.6 is 0 Å². The molecular formula is C22H26N2O5. The van der Waals surface area contributed by atoms with Gasteiger partial charge in [0, 0.05) is 12.0 Å². The molecule has 0 unspecified atom stereocenters. The number of nitrogens with one attached hydrogen (secondary N) is 1. The minimum Gasteiger partial charge on any atom is -0.488 e. The first-order valence-electron chi connectivity index (χ1n) is 9.67. The molecule has 0 spiro atoms. The maximum Gasteiger partial charge on any atom is 0.339 e. The SMILES string of the molecule is CCOC(=O)c1ccc(C(=O)NCCOc2cccc3c2OC(C)(C)C3)nc1C. The summed E-state index contributed by atoms with van der Waals surface area (Å²) < 4.78 is 16.8. The fourth-order valence-electron chi connectivity index (χ4n) is 3.23. The van der Waals surface area contributed by atoms with Crippen LogP contribution in [0.1, 0.15) is 52.9 Å².